The molecular weight excluding hydrogens is 357 g/mol. The van der Waals surface area contributed by atoms with Crippen molar-refractivity contribution in [1.29, 1.82) is 0 Å². The minimum atomic E-state index is 0.495. The molecule has 1 heterocycles. The maximum Gasteiger partial charge on any atom is 0.220 e. The number of nitrogens with zero attached hydrogens (tertiary/aromatic N) is 1. The van der Waals surface area contributed by atoms with Crippen molar-refractivity contribution in [3.8, 4) is 11.6 Å². The minimum Gasteiger partial charge on any atom is -0.437 e. The summed E-state index contributed by atoms with van der Waals surface area (Å²) in [5.41, 5.74) is 0. The van der Waals surface area contributed by atoms with E-state index in [4.69, 9.17) is 16.3 Å². The highest BCUT2D eigenvalue weighted by molar-refractivity contribution is 9.10. The Morgan fingerprint density at radius 2 is 1.94 bits per heavy atom. The first-order valence-electron chi connectivity index (χ1n) is 4.40. The number of hydrogen-bond acceptors (Lipinski definition) is 2. The predicted octanol–water partition coefficient (Wildman–Crippen LogP) is 5.05. The summed E-state index contributed by atoms with van der Waals surface area (Å²) >= 11 is 12.6. The van der Waals surface area contributed by atoms with Crippen molar-refractivity contribution < 1.29 is 4.74 Å². The number of benzene rings is 1. The van der Waals surface area contributed by atoms with Crippen molar-refractivity contribution >= 4 is 43.5 Å². The third kappa shape index (κ3) is 2.97. The van der Waals surface area contributed by atoms with E-state index in [-0.39, 0.29) is 0 Å². The average molecular weight is 363 g/mol. The van der Waals surface area contributed by atoms with Gasteiger partial charge >= 0.3 is 0 Å². The van der Waals surface area contributed by atoms with Gasteiger partial charge in [0.15, 0.2) is 0 Å². The Morgan fingerprint density at radius 3 is 2.69 bits per heavy atom. The summed E-state index contributed by atoms with van der Waals surface area (Å²) in [6.07, 6.45) is 0. The summed E-state index contributed by atoms with van der Waals surface area (Å²) in [5.74, 6) is 1.07. The Bertz CT molecular complexity index is 519. The van der Waals surface area contributed by atoms with Crippen molar-refractivity contribution in [2.24, 2.45) is 0 Å². The molecule has 0 fully saturated rings. The van der Waals surface area contributed by atoms with Crippen LogP contribution in [0.1, 0.15) is 0 Å². The summed E-state index contributed by atoms with van der Waals surface area (Å²) in [5, 5.41) is 0.546. The Kier molecular flexibility index (Phi) is 3.84. The van der Waals surface area contributed by atoms with Gasteiger partial charge in [0.05, 0.1) is 5.02 Å². The van der Waals surface area contributed by atoms with Crippen molar-refractivity contribution in [1.82, 2.24) is 4.98 Å². The molecule has 0 aliphatic carbocycles. The van der Waals surface area contributed by atoms with E-state index in [0.717, 1.165) is 9.08 Å². The molecule has 2 nitrogen and oxygen atoms in total. The van der Waals surface area contributed by atoms with Crippen LogP contribution < -0.4 is 4.74 Å². The molecule has 2 aromatic rings. The lowest BCUT2D eigenvalue weighted by atomic mass is 10.3. The Labute approximate surface area is 115 Å². The van der Waals surface area contributed by atoms with Gasteiger partial charge in [0, 0.05) is 10.5 Å². The summed E-state index contributed by atoms with van der Waals surface area (Å²) in [6, 6.07) is 10.9. The van der Waals surface area contributed by atoms with E-state index in [1.165, 1.54) is 0 Å². The predicted molar refractivity (Wildman–Crippen MR) is 71.2 cm³/mol. The zero-order valence-electron chi connectivity index (χ0n) is 7.95. The standard InChI is InChI=1S/C11H6Br2ClNO/c12-7-4-5-8(14)9(6-7)16-11-3-1-2-10(13)15-11/h1-6H. The molecular formula is C11H6Br2ClNO. The lowest BCUT2D eigenvalue weighted by Gasteiger charge is -2.06. The van der Waals surface area contributed by atoms with Gasteiger partial charge in [-0.3, -0.25) is 0 Å². The van der Waals surface area contributed by atoms with Gasteiger partial charge in [0.25, 0.3) is 0 Å². The number of halogens is 3. The topological polar surface area (TPSA) is 22.1 Å². The first kappa shape index (κ1) is 11.9. The first-order valence-corrected chi connectivity index (χ1v) is 6.37. The maximum absolute atomic E-state index is 6.00. The van der Waals surface area contributed by atoms with Gasteiger partial charge in [0.2, 0.25) is 5.88 Å². The van der Waals surface area contributed by atoms with Crippen molar-refractivity contribution in [2.45, 2.75) is 0 Å². The Morgan fingerprint density at radius 1 is 1.12 bits per heavy atom. The van der Waals surface area contributed by atoms with E-state index in [0.29, 0.717) is 16.7 Å². The van der Waals surface area contributed by atoms with Gasteiger partial charge in [-0.2, -0.15) is 0 Å². The molecule has 2 rings (SSSR count). The molecule has 0 aliphatic heterocycles. The van der Waals surface area contributed by atoms with Crippen molar-refractivity contribution in [2.75, 3.05) is 0 Å². The van der Waals surface area contributed by atoms with Gasteiger partial charge in [-0.25, -0.2) is 4.98 Å². The van der Waals surface area contributed by atoms with Gasteiger partial charge < -0.3 is 4.74 Å². The number of hydrogen-bond donors (Lipinski definition) is 0. The van der Waals surface area contributed by atoms with Crippen molar-refractivity contribution in [3.63, 3.8) is 0 Å². The molecule has 82 valence electrons. The fraction of sp³-hybridized carbons (Fsp3) is 0. The molecule has 0 N–H and O–H groups in total. The summed E-state index contributed by atoms with van der Waals surface area (Å²) in [7, 11) is 0. The quantitative estimate of drug-likeness (QED) is 0.697. The molecule has 0 saturated carbocycles. The number of rotatable bonds is 2. The SMILES string of the molecule is Clc1ccc(Br)cc1Oc1cccc(Br)n1. The molecule has 0 atom stereocenters. The largest absolute Gasteiger partial charge is 0.437 e. The molecule has 0 saturated heterocycles. The average Bonchev–Trinajstić information content (AvgIpc) is 2.24. The molecule has 0 bridgehead atoms. The highest BCUT2D eigenvalue weighted by Crippen LogP contribution is 2.31. The number of pyridine rings is 1. The molecule has 0 amide bonds. The molecule has 1 aromatic heterocycles. The Hall–Kier alpha value is -0.580. The molecule has 0 radical (unpaired) electrons. The molecule has 0 aliphatic rings. The van der Waals surface area contributed by atoms with E-state index in [9.17, 15) is 0 Å². The van der Waals surface area contributed by atoms with Crippen LogP contribution in [0.5, 0.6) is 11.6 Å². The molecule has 1 aromatic carbocycles. The van der Waals surface area contributed by atoms with Crippen LogP contribution in [0.15, 0.2) is 45.5 Å². The van der Waals surface area contributed by atoms with Crippen LogP contribution in [0.4, 0.5) is 0 Å². The normalized spacial score (nSPS) is 10.2. The summed E-state index contributed by atoms with van der Waals surface area (Å²) in [6.45, 7) is 0. The first-order chi connectivity index (χ1) is 7.65. The highest BCUT2D eigenvalue weighted by Gasteiger charge is 2.04. The van der Waals surface area contributed by atoms with E-state index < -0.39 is 0 Å². The van der Waals surface area contributed by atoms with Gasteiger partial charge in [-0.15, -0.1) is 0 Å². The zero-order valence-corrected chi connectivity index (χ0v) is 11.9. The molecule has 16 heavy (non-hydrogen) atoms. The van der Waals surface area contributed by atoms with E-state index >= 15 is 0 Å². The van der Waals surface area contributed by atoms with Crippen LogP contribution in [0.25, 0.3) is 0 Å². The Balaban J connectivity index is 2.30. The van der Waals surface area contributed by atoms with Gasteiger partial charge in [-0.1, -0.05) is 33.6 Å². The summed E-state index contributed by atoms with van der Waals surface area (Å²) < 4.78 is 7.19. The van der Waals surface area contributed by atoms with Crippen LogP contribution in [0.3, 0.4) is 0 Å². The molecule has 0 spiro atoms. The highest BCUT2D eigenvalue weighted by atomic mass is 79.9. The fourth-order valence-electron chi connectivity index (χ4n) is 1.11. The van der Waals surface area contributed by atoms with Crippen LogP contribution >= 0.6 is 43.5 Å². The van der Waals surface area contributed by atoms with E-state index in [2.05, 4.69) is 36.8 Å². The van der Waals surface area contributed by atoms with Gasteiger partial charge in [0.1, 0.15) is 10.4 Å². The van der Waals surface area contributed by atoms with Crippen LogP contribution in [0, 0.1) is 0 Å². The third-order valence-corrected chi connectivity index (χ3v) is 3.04. The lowest BCUT2D eigenvalue weighted by molar-refractivity contribution is 0.462. The second kappa shape index (κ2) is 5.17. The number of aromatic nitrogens is 1. The maximum atomic E-state index is 6.00. The van der Waals surface area contributed by atoms with E-state index in [1.807, 2.05) is 18.2 Å². The zero-order chi connectivity index (χ0) is 11.5. The third-order valence-electron chi connectivity index (χ3n) is 1.80. The smallest absolute Gasteiger partial charge is 0.220 e. The lowest BCUT2D eigenvalue weighted by Crippen LogP contribution is -1.88. The van der Waals surface area contributed by atoms with Gasteiger partial charge in [-0.05, 0) is 40.2 Å². The fourth-order valence-corrected chi connectivity index (χ4v) is 1.94. The second-order valence-corrected chi connectivity index (χ2v) is 5.11. The van der Waals surface area contributed by atoms with Crippen LogP contribution in [-0.2, 0) is 0 Å². The molecule has 0 unspecified atom stereocenters. The molecule has 5 heteroatoms. The summed E-state index contributed by atoms with van der Waals surface area (Å²) in [4.78, 5) is 4.16. The second-order valence-electron chi connectivity index (χ2n) is 2.98. The number of ether oxygens (including phenoxy) is 1. The van der Waals surface area contributed by atoms with Crippen molar-refractivity contribution in [3.05, 3.63) is 50.5 Å². The van der Waals surface area contributed by atoms with E-state index in [1.54, 1.807) is 18.2 Å². The van der Waals surface area contributed by atoms with Crippen LogP contribution in [0.2, 0.25) is 5.02 Å². The minimum absolute atomic E-state index is 0.495. The van der Waals surface area contributed by atoms with Crippen LogP contribution in [-0.4, -0.2) is 4.98 Å². The monoisotopic (exact) mass is 361 g/mol.